The molecule has 1 aliphatic heterocycles. The van der Waals surface area contributed by atoms with Crippen molar-refractivity contribution >= 4 is 33.4 Å². The lowest BCUT2D eigenvalue weighted by atomic mass is 9.95. The normalized spacial score (nSPS) is 19.2. The van der Waals surface area contributed by atoms with Crippen LogP contribution >= 0.6 is 15.9 Å². The van der Waals surface area contributed by atoms with E-state index in [1.54, 1.807) is 36.4 Å². The number of rotatable bonds is 4. The first-order chi connectivity index (χ1) is 12.4. The molecule has 0 aliphatic carbocycles. The van der Waals surface area contributed by atoms with E-state index in [2.05, 4.69) is 15.9 Å². The first-order valence-electron chi connectivity index (χ1n) is 8.16. The lowest BCUT2D eigenvalue weighted by Crippen LogP contribution is -2.32. The molecular formula is C20H18BrNO4. The van der Waals surface area contributed by atoms with Gasteiger partial charge >= 0.3 is 0 Å². The standard InChI is InChI=1S/C20H18BrNO4/c1-12-2-4-14(5-3-12)18(24)16-17(13-6-8-15(21)9-7-13)22(10-11-23)20(26)19(16)25/h2-9,17,23-24H,10-11H2,1H3/b18-16+. The molecule has 26 heavy (non-hydrogen) atoms. The molecule has 1 fully saturated rings. The van der Waals surface area contributed by atoms with Crippen LogP contribution in [0.3, 0.4) is 0 Å². The topological polar surface area (TPSA) is 77.8 Å². The van der Waals surface area contributed by atoms with Crippen LogP contribution < -0.4 is 0 Å². The number of ketones is 1. The fourth-order valence-electron chi connectivity index (χ4n) is 3.08. The highest BCUT2D eigenvalue weighted by molar-refractivity contribution is 9.10. The third-order valence-electron chi connectivity index (χ3n) is 4.39. The maximum Gasteiger partial charge on any atom is 0.295 e. The predicted molar refractivity (Wildman–Crippen MR) is 101 cm³/mol. The summed E-state index contributed by atoms with van der Waals surface area (Å²) in [5, 5.41) is 20.1. The number of β-amino-alcohol motifs (C(OH)–C–C–N with tert-alkyl or cyclic N) is 1. The van der Waals surface area contributed by atoms with E-state index in [-0.39, 0.29) is 24.5 Å². The van der Waals surface area contributed by atoms with Crippen LogP contribution in [0.4, 0.5) is 0 Å². The van der Waals surface area contributed by atoms with Gasteiger partial charge in [-0.1, -0.05) is 57.9 Å². The van der Waals surface area contributed by atoms with Gasteiger partial charge in [0.2, 0.25) is 0 Å². The zero-order valence-electron chi connectivity index (χ0n) is 14.1. The molecule has 1 amide bonds. The monoisotopic (exact) mass is 415 g/mol. The molecule has 2 aromatic carbocycles. The van der Waals surface area contributed by atoms with Gasteiger partial charge in [-0.2, -0.15) is 0 Å². The minimum Gasteiger partial charge on any atom is -0.507 e. The lowest BCUT2D eigenvalue weighted by Gasteiger charge is -2.24. The number of carbonyl (C=O) groups is 2. The quantitative estimate of drug-likeness (QED) is 0.456. The van der Waals surface area contributed by atoms with Gasteiger partial charge in [0.15, 0.2) is 0 Å². The summed E-state index contributed by atoms with van der Waals surface area (Å²) in [6, 6.07) is 13.5. The second-order valence-electron chi connectivity index (χ2n) is 6.13. The Morgan fingerprint density at radius 3 is 2.27 bits per heavy atom. The minimum atomic E-state index is -0.746. The average molecular weight is 416 g/mol. The third-order valence-corrected chi connectivity index (χ3v) is 4.92. The number of hydrogen-bond acceptors (Lipinski definition) is 4. The summed E-state index contributed by atoms with van der Waals surface area (Å²) >= 11 is 3.36. The van der Waals surface area contributed by atoms with Crippen molar-refractivity contribution in [2.24, 2.45) is 0 Å². The molecule has 1 saturated heterocycles. The number of aryl methyl sites for hydroxylation is 1. The van der Waals surface area contributed by atoms with Gasteiger partial charge in [-0.3, -0.25) is 9.59 Å². The van der Waals surface area contributed by atoms with Crippen molar-refractivity contribution in [2.75, 3.05) is 13.2 Å². The number of nitrogens with zero attached hydrogens (tertiary/aromatic N) is 1. The molecular weight excluding hydrogens is 398 g/mol. The van der Waals surface area contributed by atoms with E-state index in [0.29, 0.717) is 11.1 Å². The summed E-state index contributed by atoms with van der Waals surface area (Å²) in [5.74, 6) is -1.68. The van der Waals surface area contributed by atoms with Gasteiger partial charge in [0, 0.05) is 16.6 Å². The number of benzene rings is 2. The molecule has 3 rings (SSSR count). The van der Waals surface area contributed by atoms with E-state index in [1.165, 1.54) is 4.90 Å². The number of hydrogen-bond donors (Lipinski definition) is 2. The number of carbonyl (C=O) groups excluding carboxylic acids is 2. The van der Waals surface area contributed by atoms with Crippen LogP contribution in [0.1, 0.15) is 22.7 Å². The van der Waals surface area contributed by atoms with Crippen molar-refractivity contribution in [3.8, 4) is 0 Å². The largest absolute Gasteiger partial charge is 0.507 e. The maximum atomic E-state index is 12.6. The van der Waals surface area contributed by atoms with Gasteiger partial charge in [-0.05, 0) is 24.6 Å². The van der Waals surface area contributed by atoms with Crippen molar-refractivity contribution in [3.63, 3.8) is 0 Å². The summed E-state index contributed by atoms with van der Waals surface area (Å²) in [4.78, 5) is 26.4. The van der Waals surface area contributed by atoms with Crippen molar-refractivity contribution in [3.05, 3.63) is 75.3 Å². The first-order valence-corrected chi connectivity index (χ1v) is 8.95. The molecule has 0 saturated carbocycles. The Morgan fingerprint density at radius 2 is 1.69 bits per heavy atom. The molecule has 1 unspecified atom stereocenters. The molecule has 0 aromatic heterocycles. The summed E-state index contributed by atoms with van der Waals surface area (Å²) in [6.45, 7) is 1.66. The summed E-state index contributed by atoms with van der Waals surface area (Å²) in [6.07, 6.45) is 0. The second kappa shape index (κ2) is 7.43. The van der Waals surface area contributed by atoms with Gasteiger partial charge in [0.1, 0.15) is 5.76 Å². The molecule has 0 bridgehead atoms. The molecule has 2 aromatic rings. The van der Waals surface area contributed by atoms with Crippen LogP contribution in [0, 0.1) is 6.92 Å². The van der Waals surface area contributed by atoms with E-state index >= 15 is 0 Å². The van der Waals surface area contributed by atoms with Gasteiger partial charge in [-0.15, -0.1) is 0 Å². The molecule has 1 atom stereocenters. The van der Waals surface area contributed by atoms with Crippen molar-refractivity contribution in [2.45, 2.75) is 13.0 Å². The Labute approximate surface area is 159 Å². The number of aliphatic hydroxyl groups is 2. The van der Waals surface area contributed by atoms with Crippen molar-refractivity contribution in [1.29, 1.82) is 0 Å². The van der Waals surface area contributed by atoms with Gasteiger partial charge < -0.3 is 15.1 Å². The van der Waals surface area contributed by atoms with Crippen LogP contribution in [0.2, 0.25) is 0 Å². The molecule has 134 valence electrons. The number of amides is 1. The fraction of sp³-hybridized carbons (Fsp3) is 0.200. The lowest BCUT2D eigenvalue weighted by molar-refractivity contribution is -0.140. The predicted octanol–water partition coefficient (Wildman–Crippen LogP) is 3.17. The van der Waals surface area contributed by atoms with Gasteiger partial charge in [-0.25, -0.2) is 0 Å². The highest BCUT2D eigenvalue weighted by Gasteiger charge is 2.45. The van der Waals surface area contributed by atoms with Gasteiger partial charge in [0.05, 0.1) is 18.2 Å². The SMILES string of the molecule is Cc1ccc(/C(O)=C2\C(=O)C(=O)N(CCO)C2c2ccc(Br)cc2)cc1. The average Bonchev–Trinajstić information content (AvgIpc) is 2.88. The maximum absolute atomic E-state index is 12.6. The zero-order valence-corrected chi connectivity index (χ0v) is 15.7. The Bertz CT molecular complexity index is 872. The van der Waals surface area contributed by atoms with Crippen LogP contribution in [-0.2, 0) is 9.59 Å². The molecule has 2 N–H and O–H groups in total. The fourth-order valence-corrected chi connectivity index (χ4v) is 3.34. The van der Waals surface area contributed by atoms with Crippen LogP contribution in [0.15, 0.2) is 58.6 Å². The molecule has 1 heterocycles. The Balaban J connectivity index is 2.17. The van der Waals surface area contributed by atoms with Crippen LogP contribution in [0.5, 0.6) is 0 Å². The number of aliphatic hydroxyl groups excluding tert-OH is 2. The molecule has 6 heteroatoms. The molecule has 0 radical (unpaired) electrons. The molecule has 0 spiro atoms. The summed E-state index contributed by atoms with van der Waals surface area (Å²) in [5.41, 5.74) is 2.22. The molecule has 5 nitrogen and oxygen atoms in total. The van der Waals surface area contributed by atoms with Crippen LogP contribution in [0.25, 0.3) is 5.76 Å². The zero-order chi connectivity index (χ0) is 18.8. The van der Waals surface area contributed by atoms with Crippen molar-refractivity contribution < 1.29 is 19.8 Å². The third kappa shape index (κ3) is 3.30. The van der Waals surface area contributed by atoms with E-state index in [1.807, 2.05) is 19.1 Å². The Kier molecular flexibility index (Phi) is 5.25. The minimum absolute atomic E-state index is 0.00990. The van der Waals surface area contributed by atoms with Crippen LogP contribution in [-0.4, -0.2) is 40.0 Å². The smallest absolute Gasteiger partial charge is 0.295 e. The number of Topliss-reactive ketones (excluding diaryl/α,β-unsaturated/α-hetero) is 1. The highest BCUT2D eigenvalue weighted by atomic mass is 79.9. The van der Waals surface area contributed by atoms with E-state index in [0.717, 1.165) is 10.0 Å². The summed E-state index contributed by atoms with van der Waals surface area (Å²) in [7, 11) is 0. The Morgan fingerprint density at radius 1 is 1.08 bits per heavy atom. The highest BCUT2D eigenvalue weighted by Crippen LogP contribution is 2.39. The van der Waals surface area contributed by atoms with Crippen molar-refractivity contribution in [1.82, 2.24) is 4.90 Å². The number of halogens is 1. The van der Waals surface area contributed by atoms with Gasteiger partial charge in [0.25, 0.3) is 11.7 Å². The first kappa shape index (κ1) is 18.4. The number of likely N-dealkylation sites (tertiary alicyclic amines) is 1. The molecule has 1 aliphatic rings. The Hall–Kier alpha value is -2.44. The van der Waals surface area contributed by atoms with E-state index < -0.39 is 17.7 Å². The second-order valence-corrected chi connectivity index (χ2v) is 7.05. The van der Waals surface area contributed by atoms with E-state index in [9.17, 15) is 19.8 Å². The summed E-state index contributed by atoms with van der Waals surface area (Å²) < 4.78 is 0.860. The van der Waals surface area contributed by atoms with E-state index in [4.69, 9.17) is 0 Å².